The molecule has 0 saturated heterocycles. The van der Waals surface area contributed by atoms with Gasteiger partial charge in [-0.25, -0.2) is 0 Å². The van der Waals surface area contributed by atoms with E-state index in [1.54, 1.807) is 0 Å². The molecule has 0 heterocycles. The molecule has 0 bridgehead atoms. The summed E-state index contributed by atoms with van der Waals surface area (Å²) in [6.07, 6.45) is 24.4. The van der Waals surface area contributed by atoms with E-state index in [0.29, 0.717) is 0 Å². The van der Waals surface area contributed by atoms with Crippen LogP contribution < -0.4 is 0 Å². The van der Waals surface area contributed by atoms with Crippen LogP contribution in [0.15, 0.2) is 36.4 Å². The average molecular weight is 405 g/mol. The number of hydrogen-bond donors (Lipinski definition) is 0. The van der Waals surface area contributed by atoms with E-state index in [-0.39, 0.29) is 0 Å². The van der Waals surface area contributed by atoms with Crippen molar-refractivity contribution in [2.75, 3.05) is 0 Å². The highest BCUT2D eigenvalue weighted by atomic mass is 14.4. The lowest BCUT2D eigenvalue weighted by Crippen LogP contribution is -2.25. The van der Waals surface area contributed by atoms with Gasteiger partial charge in [0.15, 0.2) is 0 Å². The molecule has 0 unspecified atom stereocenters. The minimum atomic E-state index is 0.757. The molecule has 3 rings (SSSR count). The van der Waals surface area contributed by atoms with Gasteiger partial charge in [0.1, 0.15) is 0 Å². The zero-order valence-corrected chi connectivity index (χ0v) is 19.7. The van der Waals surface area contributed by atoms with Gasteiger partial charge < -0.3 is 0 Å². The van der Waals surface area contributed by atoms with Crippen LogP contribution in [0.4, 0.5) is 0 Å². The van der Waals surface area contributed by atoms with Gasteiger partial charge in [0, 0.05) is 5.56 Å². The molecular weight excluding hydrogens is 360 g/mol. The van der Waals surface area contributed by atoms with Crippen molar-refractivity contribution in [1.29, 1.82) is 0 Å². The number of aryl methyl sites for hydroxylation is 1. The van der Waals surface area contributed by atoms with Crippen LogP contribution in [0.5, 0.6) is 0 Å². The van der Waals surface area contributed by atoms with Crippen LogP contribution in [0.1, 0.15) is 108 Å². The molecule has 0 amide bonds. The van der Waals surface area contributed by atoms with E-state index < -0.39 is 0 Å². The maximum Gasteiger partial charge on any atom is 0.0249 e. The SMILES string of the molecule is CCCCCC1CCC(C2CCC(C=CC#Cc3ccc(CCC)cc3)CC2)CC1. The molecule has 0 nitrogen and oxygen atoms in total. The minimum Gasteiger partial charge on any atom is -0.0730 e. The van der Waals surface area contributed by atoms with E-state index in [1.165, 1.54) is 89.0 Å². The van der Waals surface area contributed by atoms with Crippen LogP contribution in [0.3, 0.4) is 0 Å². The van der Waals surface area contributed by atoms with Crippen LogP contribution in [-0.4, -0.2) is 0 Å². The highest BCUT2D eigenvalue weighted by Gasteiger charge is 2.30. The van der Waals surface area contributed by atoms with Crippen molar-refractivity contribution >= 4 is 0 Å². The fourth-order valence-corrected chi connectivity index (χ4v) is 5.79. The van der Waals surface area contributed by atoms with Gasteiger partial charge in [-0.05, 0) is 92.4 Å². The topological polar surface area (TPSA) is 0 Å². The van der Waals surface area contributed by atoms with Gasteiger partial charge in [-0.15, -0.1) is 0 Å². The summed E-state index contributed by atoms with van der Waals surface area (Å²) in [6, 6.07) is 8.76. The van der Waals surface area contributed by atoms with Crippen LogP contribution in [-0.2, 0) is 6.42 Å². The Hall–Kier alpha value is -1.48. The van der Waals surface area contributed by atoms with Crippen molar-refractivity contribution in [3.63, 3.8) is 0 Å². The monoisotopic (exact) mass is 404 g/mol. The van der Waals surface area contributed by atoms with Crippen molar-refractivity contribution in [3.05, 3.63) is 47.5 Å². The zero-order valence-electron chi connectivity index (χ0n) is 19.7. The Morgan fingerprint density at radius 1 is 0.800 bits per heavy atom. The van der Waals surface area contributed by atoms with Gasteiger partial charge in [-0.3, -0.25) is 0 Å². The van der Waals surface area contributed by atoms with Crippen molar-refractivity contribution in [1.82, 2.24) is 0 Å². The third kappa shape index (κ3) is 7.65. The van der Waals surface area contributed by atoms with Gasteiger partial charge in [-0.1, -0.05) is 88.8 Å². The number of hydrogen-bond acceptors (Lipinski definition) is 0. The average Bonchev–Trinajstić information content (AvgIpc) is 2.79. The molecule has 30 heavy (non-hydrogen) atoms. The standard InChI is InChI=1S/C30H44/c1-3-5-6-10-27-17-21-29(22-18-27)30-23-19-28(20-24-30)12-8-7-11-26-15-13-25(9-4-2)14-16-26/h8,12-16,27-30H,3-6,9-10,17-24H2,1-2H3. The summed E-state index contributed by atoms with van der Waals surface area (Å²) in [4.78, 5) is 0. The summed E-state index contributed by atoms with van der Waals surface area (Å²) in [7, 11) is 0. The predicted molar refractivity (Wildman–Crippen MR) is 131 cm³/mol. The fraction of sp³-hybridized carbons (Fsp3) is 0.667. The van der Waals surface area contributed by atoms with Gasteiger partial charge in [-0.2, -0.15) is 0 Å². The molecule has 1 aromatic carbocycles. The van der Waals surface area contributed by atoms with E-state index >= 15 is 0 Å². The largest absolute Gasteiger partial charge is 0.0730 e. The first-order chi connectivity index (χ1) is 14.8. The lowest BCUT2D eigenvalue weighted by Gasteiger charge is -2.37. The minimum absolute atomic E-state index is 0.757. The second kappa shape index (κ2) is 13.0. The number of allylic oxidation sites excluding steroid dienone is 2. The fourth-order valence-electron chi connectivity index (χ4n) is 5.79. The summed E-state index contributed by atoms with van der Waals surface area (Å²) < 4.78 is 0. The molecule has 2 aliphatic rings. The van der Waals surface area contributed by atoms with E-state index in [0.717, 1.165) is 35.7 Å². The first-order valence-electron chi connectivity index (χ1n) is 13.1. The molecule has 2 aliphatic carbocycles. The van der Waals surface area contributed by atoms with Crippen molar-refractivity contribution in [3.8, 4) is 11.8 Å². The number of rotatable bonds is 8. The van der Waals surface area contributed by atoms with Gasteiger partial charge in [0.25, 0.3) is 0 Å². The molecule has 0 aromatic heterocycles. The van der Waals surface area contributed by atoms with Crippen LogP contribution in [0.2, 0.25) is 0 Å². The Bertz CT molecular complexity index is 667. The van der Waals surface area contributed by atoms with E-state index in [1.807, 2.05) is 0 Å². The normalized spacial score (nSPS) is 27.0. The van der Waals surface area contributed by atoms with E-state index in [9.17, 15) is 0 Å². The maximum absolute atomic E-state index is 3.30. The van der Waals surface area contributed by atoms with Gasteiger partial charge >= 0.3 is 0 Å². The molecule has 0 heteroatoms. The molecule has 0 aliphatic heterocycles. The van der Waals surface area contributed by atoms with Gasteiger partial charge in [0.05, 0.1) is 0 Å². The maximum atomic E-state index is 3.30. The quantitative estimate of drug-likeness (QED) is 0.300. The molecule has 164 valence electrons. The highest BCUT2D eigenvalue weighted by molar-refractivity contribution is 5.38. The molecule has 2 saturated carbocycles. The molecule has 0 spiro atoms. The third-order valence-electron chi connectivity index (χ3n) is 7.75. The molecule has 0 radical (unpaired) electrons. The summed E-state index contributed by atoms with van der Waals surface area (Å²) in [5.41, 5.74) is 2.55. The summed E-state index contributed by atoms with van der Waals surface area (Å²) in [6.45, 7) is 4.55. The summed E-state index contributed by atoms with van der Waals surface area (Å²) in [5, 5.41) is 0. The Balaban J connectivity index is 1.35. The van der Waals surface area contributed by atoms with Crippen LogP contribution in [0, 0.1) is 35.5 Å². The number of benzene rings is 1. The lowest BCUT2D eigenvalue weighted by molar-refractivity contribution is 0.151. The van der Waals surface area contributed by atoms with Crippen molar-refractivity contribution in [2.24, 2.45) is 23.7 Å². The molecule has 0 atom stereocenters. The molecule has 2 fully saturated rings. The van der Waals surface area contributed by atoms with Gasteiger partial charge in [0.2, 0.25) is 0 Å². The lowest BCUT2D eigenvalue weighted by atomic mass is 9.68. The summed E-state index contributed by atoms with van der Waals surface area (Å²) >= 11 is 0. The molecular formula is C30H44. The summed E-state index contributed by atoms with van der Waals surface area (Å²) in [5.74, 6) is 10.4. The van der Waals surface area contributed by atoms with Crippen LogP contribution in [0.25, 0.3) is 0 Å². The Labute approximate surface area is 186 Å². The second-order valence-corrected chi connectivity index (χ2v) is 10.0. The smallest absolute Gasteiger partial charge is 0.0249 e. The number of unbranched alkanes of at least 4 members (excludes halogenated alkanes) is 2. The predicted octanol–water partition coefficient (Wildman–Crippen LogP) is 8.74. The Kier molecular flexibility index (Phi) is 10.1. The highest BCUT2D eigenvalue weighted by Crippen LogP contribution is 2.42. The first kappa shape index (κ1) is 23.2. The van der Waals surface area contributed by atoms with Crippen molar-refractivity contribution in [2.45, 2.75) is 104 Å². The van der Waals surface area contributed by atoms with Crippen molar-refractivity contribution < 1.29 is 0 Å². The van der Waals surface area contributed by atoms with Crippen LogP contribution >= 0.6 is 0 Å². The van der Waals surface area contributed by atoms with E-state index in [4.69, 9.17) is 0 Å². The van der Waals surface area contributed by atoms with E-state index in [2.05, 4.69) is 62.1 Å². The molecule has 1 aromatic rings. The first-order valence-corrected chi connectivity index (χ1v) is 13.1. The Morgan fingerprint density at radius 3 is 2.10 bits per heavy atom. The second-order valence-electron chi connectivity index (χ2n) is 10.0. The Morgan fingerprint density at radius 2 is 1.47 bits per heavy atom. The zero-order chi connectivity index (χ0) is 21.0. The molecule has 0 N–H and O–H groups in total. The third-order valence-corrected chi connectivity index (χ3v) is 7.75.